The second kappa shape index (κ2) is 15.0. The molecule has 1 aromatic heterocycles. The second-order valence-corrected chi connectivity index (χ2v) is 13.2. The van der Waals surface area contributed by atoms with Crippen LogP contribution < -0.4 is 30.5 Å². The van der Waals surface area contributed by atoms with Crippen molar-refractivity contribution in [3.8, 4) is 5.75 Å². The van der Waals surface area contributed by atoms with Gasteiger partial charge in [0.2, 0.25) is 11.9 Å². The van der Waals surface area contributed by atoms with Crippen LogP contribution in [-0.4, -0.2) is 117 Å². The lowest BCUT2D eigenvalue weighted by atomic mass is 9.97. The number of ether oxygens (including phenoxy) is 1. The number of likely N-dealkylation sites (N-methyl/N-ethyl adjacent to an activating group) is 1. The monoisotopic (exact) mass is 633 g/mol. The van der Waals surface area contributed by atoms with E-state index in [0.717, 1.165) is 82.5 Å². The van der Waals surface area contributed by atoms with Crippen LogP contribution in [0.3, 0.4) is 0 Å². The standard InChI is InChI=1S/C34H51N9O3/c1-4-28-33(45)40(2)29-22-37-34(39-31(29)43(28)26-7-5-6-8-26)38-27-10-9-25(21-30(27)46-3)32(44)36-15-16-41-17-19-42(20-18-41)23-24-11-13-35-14-12-24/h9-10,21-22,24,26,28,35H,4-8,11-20,23H2,1-3H3,(H,36,44)(H,37,38,39). The number of nitrogens with one attached hydrogen (secondary N) is 3. The molecule has 0 radical (unpaired) electrons. The van der Waals surface area contributed by atoms with Crippen molar-refractivity contribution >= 4 is 35.0 Å². The van der Waals surface area contributed by atoms with E-state index in [2.05, 4.69) is 42.6 Å². The highest BCUT2D eigenvalue weighted by molar-refractivity contribution is 6.04. The Morgan fingerprint density at radius 1 is 1.07 bits per heavy atom. The fourth-order valence-corrected chi connectivity index (χ4v) is 7.55. The summed E-state index contributed by atoms with van der Waals surface area (Å²) in [6.07, 6.45) is 9.47. The van der Waals surface area contributed by atoms with Gasteiger partial charge in [-0.1, -0.05) is 19.8 Å². The van der Waals surface area contributed by atoms with E-state index in [4.69, 9.17) is 9.72 Å². The molecule has 250 valence electrons. The maximum atomic E-state index is 13.2. The number of hydrogen-bond acceptors (Lipinski definition) is 10. The van der Waals surface area contributed by atoms with Crippen LogP contribution in [0.2, 0.25) is 0 Å². The van der Waals surface area contributed by atoms with E-state index in [9.17, 15) is 9.59 Å². The van der Waals surface area contributed by atoms with Crippen molar-refractivity contribution in [3.05, 3.63) is 30.0 Å². The van der Waals surface area contributed by atoms with Crippen LogP contribution >= 0.6 is 0 Å². The van der Waals surface area contributed by atoms with Gasteiger partial charge >= 0.3 is 0 Å². The summed E-state index contributed by atoms with van der Waals surface area (Å²) >= 11 is 0. The van der Waals surface area contributed by atoms with Gasteiger partial charge in [0.05, 0.1) is 19.0 Å². The highest BCUT2D eigenvalue weighted by atomic mass is 16.5. The van der Waals surface area contributed by atoms with Gasteiger partial charge in [-0.15, -0.1) is 0 Å². The molecule has 4 heterocycles. The summed E-state index contributed by atoms with van der Waals surface area (Å²) in [5.74, 6) is 2.54. The number of anilines is 4. The van der Waals surface area contributed by atoms with Crippen molar-refractivity contribution in [1.82, 2.24) is 30.4 Å². The number of piperazine rings is 1. The molecule has 3 N–H and O–H groups in total. The lowest BCUT2D eigenvalue weighted by Gasteiger charge is -2.43. The molecule has 3 fully saturated rings. The minimum absolute atomic E-state index is 0.0901. The Hall–Kier alpha value is -3.48. The summed E-state index contributed by atoms with van der Waals surface area (Å²) in [6.45, 7) is 11.3. The summed E-state index contributed by atoms with van der Waals surface area (Å²) in [5.41, 5.74) is 1.94. The van der Waals surface area contributed by atoms with Crippen molar-refractivity contribution in [2.75, 3.05) is 88.2 Å². The summed E-state index contributed by atoms with van der Waals surface area (Å²) in [5, 5.41) is 9.85. The topological polar surface area (TPSA) is 118 Å². The molecule has 2 aromatic rings. The average Bonchev–Trinajstić information content (AvgIpc) is 3.62. The van der Waals surface area contributed by atoms with Gasteiger partial charge in [0.25, 0.3) is 5.91 Å². The van der Waals surface area contributed by atoms with Gasteiger partial charge in [-0.05, 0) is 69.3 Å². The number of hydrogen-bond donors (Lipinski definition) is 3. The fraction of sp³-hybridized carbons (Fsp3) is 0.647. The molecule has 1 aromatic carbocycles. The molecule has 46 heavy (non-hydrogen) atoms. The maximum absolute atomic E-state index is 13.2. The molecular weight excluding hydrogens is 582 g/mol. The Balaban J connectivity index is 1.05. The van der Waals surface area contributed by atoms with Crippen LogP contribution in [0, 0.1) is 5.92 Å². The number of piperidine rings is 1. The van der Waals surface area contributed by atoms with Crippen molar-refractivity contribution < 1.29 is 14.3 Å². The van der Waals surface area contributed by atoms with E-state index in [1.807, 2.05) is 6.07 Å². The number of carbonyl (C=O) groups excluding carboxylic acids is 2. The Kier molecular flexibility index (Phi) is 10.6. The molecule has 2 amide bonds. The first-order valence-corrected chi connectivity index (χ1v) is 17.3. The van der Waals surface area contributed by atoms with Gasteiger partial charge in [-0.3, -0.25) is 14.5 Å². The molecule has 2 saturated heterocycles. The number of rotatable bonds is 11. The van der Waals surface area contributed by atoms with Gasteiger partial charge in [0.1, 0.15) is 17.5 Å². The third-order valence-electron chi connectivity index (χ3n) is 10.3. The largest absolute Gasteiger partial charge is 0.495 e. The quantitative estimate of drug-likeness (QED) is 0.341. The number of aromatic nitrogens is 2. The molecule has 1 unspecified atom stereocenters. The normalized spacial score (nSPS) is 21.8. The van der Waals surface area contributed by atoms with Crippen LogP contribution in [0.25, 0.3) is 0 Å². The molecule has 6 rings (SSSR count). The summed E-state index contributed by atoms with van der Waals surface area (Å²) in [6, 6.07) is 5.44. The molecule has 4 aliphatic rings. The van der Waals surface area contributed by atoms with Crippen molar-refractivity contribution in [2.45, 2.75) is 64.0 Å². The number of methoxy groups -OCH3 is 1. The van der Waals surface area contributed by atoms with E-state index < -0.39 is 0 Å². The molecule has 3 aliphatic heterocycles. The maximum Gasteiger partial charge on any atom is 0.251 e. The van der Waals surface area contributed by atoms with Gasteiger partial charge in [-0.25, -0.2) is 4.98 Å². The third kappa shape index (κ3) is 7.24. The zero-order chi connectivity index (χ0) is 32.0. The molecule has 1 saturated carbocycles. The fourth-order valence-electron chi connectivity index (χ4n) is 7.55. The molecule has 0 spiro atoms. The molecule has 1 atom stereocenters. The first kappa shape index (κ1) is 32.5. The average molecular weight is 634 g/mol. The molecule has 0 bridgehead atoms. The minimum atomic E-state index is -0.232. The second-order valence-electron chi connectivity index (χ2n) is 13.2. The summed E-state index contributed by atoms with van der Waals surface area (Å²) in [4.78, 5) is 44.7. The molecular formula is C34H51N9O3. The number of nitrogens with zero attached hydrogens (tertiary/aromatic N) is 6. The summed E-state index contributed by atoms with van der Waals surface area (Å²) in [7, 11) is 3.39. The lowest BCUT2D eigenvalue weighted by molar-refractivity contribution is -0.120. The number of carbonyl (C=O) groups is 2. The van der Waals surface area contributed by atoms with E-state index in [1.54, 1.807) is 37.4 Å². The summed E-state index contributed by atoms with van der Waals surface area (Å²) < 4.78 is 5.68. The smallest absolute Gasteiger partial charge is 0.251 e. The highest BCUT2D eigenvalue weighted by Crippen LogP contribution is 2.40. The number of amides is 2. The minimum Gasteiger partial charge on any atom is -0.495 e. The van der Waals surface area contributed by atoms with Crippen LogP contribution in [-0.2, 0) is 4.79 Å². The zero-order valence-corrected chi connectivity index (χ0v) is 27.8. The van der Waals surface area contributed by atoms with Gasteiger partial charge in [0.15, 0.2) is 5.82 Å². The van der Waals surface area contributed by atoms with E-state index in [-0.39, 0.29) is 17.9 Å². The Labute approximate surface area is 273 Å². The number of fused-ring (bicyclic) bond motifs is 1. The highest BCUT2D eigenvalue weighted by Gasteiger charge is 2.41. The lowest BCUT2D eigenvalue weighted by Crippen LogP contribution is -2.55. The predicted molar refractivity (Wildman–Crippen MR) is 181 cm³/mol. The van der Waals surface area contributed by atoms with Crippen LogP contribution in [0.5, 0.6) is 5.75 Å². The van der Waals surface area contributed by atoms with Crippen molar-refractivity contribution in [2.24, 2.45) is 5.92 Å². The van der Waals surface area contributed by atoms with Crippen LogP contribution in [0.15, 0.2) is 24.4 Å². The van der Waals surface area contributed by atoms with Gasteiger partial charge in [-0.2, -0.15) is 4.98 Å². The molecule has 12 nitrogen and oxygen atoms in total. The first-order chi connectivity index (χ1) is 22.4. The van der Waals surface area contributed by atoms with Gasteiger partial charge < -0.3 is 35.4 Å². The van der Waals surface area contributed by atoms with Crippen LogP contribution in [0.4, 0.5) is 23.1 Å². The van der Waals surface area contributed by atoms with Crippen molar-refractivity contribution in [1.29, 1.82) is 0 Å². The number of benzene rings is 1. The first-order valence-electron chi connectivity index (χ1n) is 17.3. The molecule has 1 aliphatic carbocycles. The Morgan fingerprint density at radius 3 is 2.52 bits per heavy atom. The third-order valence-corrected chi connectivity index (χ3v) is 10.3. The van der Waals surface area contributed by atoms with Crippen molar-refractivity contribution in [3.63, 3.8) is 0 Å². The Morgan fingerprint density at radius 2 is 1.80 bits per heavy atom. The van der Waals surface area contributed by atoms with E-state index in [1.165, 1.54) is 32.2 Å². The zero-order valence-electron chi connectivity index (χ0n) is 27.8. The predicted octanol–water partition coefficient (Wildman–Crippen LogP) is 3.08. The van der Waals surface area contributed by atoms with E-state index >= 15 is 0 Å². The SMILES string of the molecule is CCC1C(=O)N(C)c2cnc(Nc3ccc(C(=O)NCCN4CCN(CC5CCNCC5)CC4)cc3OC)nc2N1C1CCCC1. The molecule has 12 heteroatoms. The Bertz CT molecular complexity index is 1350. The van der Waals surface area contributed by atoms with Crippen LogP contribution in [0.1, 0.15) is 62.2 Å². The van der Waals surface area contributed by atoms with Gasteiger partial charge in [0, 0.05) is 64.5 Å². The van der Waals surface area contributed by atoms with E-state index in [0.29, 0.717) is 35.5 Å².